The molecule has 2 heterocycles. The van der Waals surface area contributed by atoms with Gasteiger partial charge in [-0.2, -0.15) is 0 Å². The molecule has 1 saturated heterocycles. The lowest BCUT2D eigenvalue weighted by Crippen LogP contribution is -2.61. The molecule has 5 fully saturated rings. The number of amides is 1. The van der Waals surface area contributed by atoms with E-state index in [4.69, 9.17) is 23.7 Å². The van der Waals surface area contributed by atoms with Crippen LogP contribution < -0.4 is 15.1 Å². The number of ether oxygens (including phenoxy) is 5. The summed E-state index contributed by atoms with van der Waals surface area (Å²) in [5, 5.41) is 23.5. The van der Waals surface area contributed by atoms with Gasteiger partial charge in [0.25, 0.3) is 0 Å². The first-order valence-electron chi connectivity index (χ1n) is 23.6. The van der Waals surface area contributed by atoms with Gasteiger partial charge < -0.3 is 48.3 Å². The zero-order valence-corrected chi connectivity index (χ0v) is 39.8. The third-order valence-electron chi connectivity index (χ3n) is 15.6. The fourth-order valence-corrected chi connectivity index (χ4v) is 12.1. The van der Waals surface area contributed by atoms with Crippen molar-refractivity contribution in [2.24, 2.45) is 28.6 Å². The minimum atomic E-state index is -1.86. The fraction of sp³-hybridized carbons (Fsp3) is 0.620. The number of carbonyl (C=O) groups excluding carboxylic acids is 6. The first-order valence-corrected chi connectivity index (χ1v) is 23.6. The topological polar surface area (TPSA) is 218 Å². The van der Waals surface area contributed by atoms with Gasteiger partial charge in [-0.25, -0.2) is 14.0 Å². The van der Waals surface area contributed by atoms with Crippen molar-refractivity contribution in [1.82, 2.24) is 9.47 Å². The number of aliphatic hydroxyl groups excluding tert-OH is 1. The van der Waals surface area contributed by atoms with Gasteiger partial charge in [0, 0.05) is 54.7 Å². The van der Waals surface area contributed by atoms with Crippen LogP contribution in [0.4, 0.5) is 14.9 Å². The van der Waals surface area contributed by atoms with Gasteiger partial charge >= 0.3 is 24.0 Å². The number of anilines is 1. The summed E-state index contributed by atoms with van der Waals surface area (Å²) in [6.45, 7) is 10.1. The summed E-state index contributed by atoms with van der Waals surface area (Å²) in [5.74, 6) is -4.69. The predicted molar refractivity (Wildman–Crippen MR) is 242 cm³/mol. The molecule has 1 aromatic heterocycles. The van der Waals surface area contributed by atoms with Crippen LogP contribution in [0.1, 0.15) is 116 Å². The second-order valence-electron chi connectivity index (χ2n) is 20.9. The van der Waals surface area contributed by atoms with E-state index in [-0.39, 0.29) is 84.9 Å². The molecular formula is C50H62FN3O14. The van der Waals surface area contributed by atoms with Crippen molar-refractivity contribution in [3.63, 3.8) is 0 Å². The Morgan fingerprint density at radius 1 is 0.971 bits per heavy atom. The summed E-state index contributed by atoms with van der Waals surface area (Å²) >= 11 is 0. The quantitative estimate of drug-likeness (QED) is 0.153. The van der Waals surface area contributed by atoms with Crippen LogP contribution in [0.15, 0.2) is 40.9 Å². The van der Waals surface area contributed by atoms with E-state index in [1.165, 1.54) is 13.3 Å². The maximum Gasteiger partial charge on any atom is 0.410 e. The maximum absolute atomic E-state index is 16.2. The normalized spacial score (nSPS) is 29.9. The van der Waals surface area contributed by atoms with Gasteiger partial charge in [0.15, 0.2) is 24.0 Å². The molecule has 18 heteroatoms. The largest absolute Gasteiger partial charge is 0.492 e. The molecule has 68 heavy (non-hydrogen) atoms. The van der Waals surface area contributed by atoms with Crippen LogP contribution in [0.3, 0.4) is 0 Å². The lowest BCUT2D eigenvalue weighted by atomic mass is 9.46. The van der Waals surface area contributed by atoms with Crippen molar-refractivity contribution < 1.29 is 67.1 Å². The van der Waals surface area contributed by atoms with Crippen LogP contribution in [0.2, 0.25) is 0 Å². The second kappa shape index (κ2) is 18.0. The molecule has 1 aliphatic heterocycles. The Morgan fingerprint density at radius 3 is 2.34 bits per heavy atom. The average molecular weight is 948 g/mol. The molecule has 8 atom stereocenters. The lowest BCUT2D eigenvalue weighted by molar-refractivity contribution is -0.181. The highest BCUT2D eigenvalue weighted by Gasteiger charge is 2.68. The molecule has 368 valence electrons. The number of aliphatic hydroxyl groups is 2. The summed E-state index contributed by atoms with van der Waals surface area (Å²) in [7, 11) is 1.37. The number of nitrogens with zero attached hydrogens (tertiary/aromatic N) is 3. The van der Waals surface area contributed by atoms with E-state index in [0.29, 0.717) is 24.8 Å². The predicted octanol–water partition coefficient (Wildman–Crippen LogP) is 5.49. The van der Waals surface area contributed by atoms with E-state index in [0.717, 1.165) is 24.5 Å². The Labute approximate surface area is 393 Å². The molecule has 4 unspecified atom stereocenters. The van der Waals surface area contributed by atoms with E-state index < -0.39 is 101 Å². The SMILES string of the molecule is COc1c(N2CCN(C(=O)OC(C)(C)C)C(C)C2)c(F)cc2c(=O)c(C(=O)OCOC(=O)CCC(=O)OCC(=O)[C@@]3(O)CCC4C5CCC6=CC(=O)C=C[C@]6(C)C5[C@@H](O)C[C@@]43C)cn(C3CC3)c12. The maximum atomic E-state index is 16.2. The van der Waals surface area contributed by atoms with Crippen LogP contribution in [0, 0.1) is 34.4 Å². The Hall–Kier alpha value is -5.62. The number of piperazine rings is 1. The second-order valence-corrected chi connectivity index (χ2v) is 20.9. The minimum Gasteiger partial charge on any atom is -0.492 e. The molecule has 0 radical (unpaired) electrons. The van der Waals surface area contributed by atoms with Gasteiger partial charge in [0.05, 0.1) is 37.0 Å². The van der Waals surface area contributed by atoms with Crippen molar-refractivity contribution in [2.45, 2.75) is 129 Å². The number of halogens is 1. The number of esters is 3. The number of methoxy groups -OCH3 is 1. The van der Waals surface area contributed by atoms with Crippen molar-refractivity contribution in [2.75, 3.05) is 45.0 Å². The number of aromatic nitrogens is 1. The molecular weight excluding hydrogens is 886 g/mol. The third kappa shape index (κ3) is 8.71. The zero-order chi connectivity index (χ0) is 49.2. The van der Waals surface area contributed by atoms with E-state index in [1.54, 1.807) is 47.3 Å². The number of pyridine rings is 1. The minimum absolute atomic E-state index is 0.00688. The van der Waals surface area contributed by atoms with Gasteiger partial charge in [-0.05, 0) is 103 Å². The first-order chi connectivity index (χ1) is 32.0. The molecule has 2 aromatic rings. The molecule has 8 rings (SSSR count). The number of hydrogen-bond acceptors (Lipinski definition) is 15. The Morgan fingerprint density at radius 2 is 1.68 bits per heavy atom. The number of benzene rings is 1. The number of hydrogen-bond donors (Lipinski definition) is 2. The van der Waals surface area contributed by atoms with Gasteiger partial charge in [-0.15, -0.1) is 0 Å². The highest BCUT2D eigenvalue weighted by atomic mass is 19.1. The van der Waals surface area contributed by atoms with Gasteiger partial charge in [0.2, 0.25) is 18.0 Å². The van der Waals surface area contributed by atoms with Crippen LogP contribution >= 0.6 is 0 Å². The number of allylic oxidation sites excluding steroid dienone is 4. The fourth-order valence-electron chi connectivity index (χ4n) is 12.1. The molecule has 0 bridgehead atoms. The number of fused-ring (bicyclic) bond motifs is 6. The van der Waals surface area contributed by atoms with Crippen LogP contribution in [-0.2, 0) is 38.1 Å². The monoisotopic (exact) mass is 947 g/mol. The smallest absolute Gasteiger partial charge is 0.410 e. The van der Waals surface area contributed by atoms with Crippen molar-refractivity contribution >= 4 is 52.2 Å². The Balaban J connectivity index is 0.850. The molecule has 5 aliphatic carbocycles. The van der Waals surface area contributed by atoms with E-state index in [1.807, 2.05) is 26.8 Å². The summed E-state index contributed by atoms with van der Waals surface area (Å²) in [5.41, 5.74) is -3.91. The highest BCUT2D eigenvalue weighted by Crippen LogP contribution is 2.67. The van der Waals surface area contributed by atoms with Crippen molar-refractivity contribution in [3.05, 3.63) is 57.7 Å². The standard InChI is InChI=1S/C50H62FN3O14/c1-27-23-52(18-19-53(27)46(62)68-47(2,3)4)42-35(51)21-32-41(44(42)64-7)54(29-9-10-29)24-33(43(32)60)45(61)67-26-66-39(59)13-12-38(58)65-25-37(57)50(63)17-15-34-31-11-8-28-20-30(55)14-16-48(28,5)40(31)36(56)22-49(34,50)6/h14,16,20-21,24,27,29,31,34,36,40,56,63H,8-13,15,17-19,22-23,25-26H2,1-7H3/t27?,31?,34?,36-,40?,48-,49-,50-/m0/s1. The van der Waals surface area contributed by atoms with Gasteiger partial charge in [-0.1, -0.05) is 25.5 Å². The summed E-state index contributed by atoms with van der Waals surface area (Å²) in [4.78, 5) is 94.5. The number of carbonyl (C=O) groups is 6. The van der Waals surface area contributed by atoms with Crippen LogP contribution in [0.25, 0.3) is 10.9 Å². The first kappa shape index (κ1) is 48.8. The molecule has 1 aromatic carbocycles. The number of ketones is 2. The van der Waals surface area contributed by atoms with Crippen LogP contribution in [0.5, 0.6) is 5.75 Å². The lowest BCUT2D eigenvalue weighted by Gasteiger charge is -2.59. The average Bonchev–Trinajstić information content (AvgIpc) is 4.08. The van der Waals surface area contributed by atoms with Crippen LogP contribution in [-0.4, -0.2) is 119 Å². The third-order valence-corrected chi connectivity index (χ3v) is 15.6. The molecule has 1 amide bonds. The van der Waals surface area contributed by atoms with E-state index in [2.05, 4.69) is 0 Å². The zero-order valence-electron chi connectivity index (χ0n) is 39.8. The highest BCUT2D eigenvalue weighted by molar-refractivity contribution is 6.01. The molecule has 0 spiro atoms. The molecule has 6 aliphatic rings. The van der Waals surface area contributed by atoms with E-state index >= 15 is 4.39 Å². The summed E-state index contributed by atoms with van der Waals surface area (Å²) in [6.07, 6.45) is 7.75. The Kier molecular flexibility index (Phi) is 13.0. The van der Waals surface area contributed by atoms with Gasteiger partial charge in [-0.3, -0.25) is 24.0 Å². The molecule has 2 N–H and O–H groups in total. The summed E-state index contributed by atoms with van der Waals surface area (Å²) < 4.78 is 44.6. The number of Topliss-reactive ketones (excluding diaryl/α,β-unsaturated/α-hetero) is 1. The van der Waals surface area contributed by atoms with Crippen molar-refractivity contribution in [3.8, 4) is 5.75 Å². The number of rotatable bonds is 12. The van der Waals surface area contributed by atoms with Gasteiger partial charge in [0.1, 0.15) is 22.5 Å². The molecule has 17 nitrogen and oxygen atoms in total. The Bertz CT molecular complexity index is 2560. The van der Waals surface area contributed by atoms with E-state index in [9.17, 15) is 43.8 Å². The summed E-state index contributed by atoms with van der Waals surface area (Å²) in [6, 6.07) is 0.583. The van der Waals surface area contributed by atoms with Crippen molar-refractivity contribution in [1.29, 1.82) is 0 Å². The molecule has 4 saturated carbocycles.